The summed E-state index contributed by atoms with van der Waals surface area (Å²) in [5.74, 6) is 0. The third-order valence-corrected chi connectivity index (χ3v) is 3.73. The van der Waals surface area contributed by atoms with E-state index in [0.717, 1.165) is 25.1 Å². The molecule has 3 N–H and O–H groups in total. The molecule has 0 heterocycles. The number of anilines is 1. The molecule has 0 spiro atoms. The van der Waals surface area contributed by atoms with Crippen molar-refractivity contribution in [3.05, 3.63) is 29.3 Å². The van der Waals surface area contributed by atoms with Crippen LogP contribution in [0.2, 0.25) is 0 Å². The average Bonchev–Trinajstić information content (AvgIpc) is 2.37. The standard InChI is InChI=1S/C17H30N2/c1-5-7-8-13-19-17(3,4)15-11-9-12-16(18)14(15)10-6-2/h9,11-12,19H,5-8,10,13,18H2,1-4H3. The van der Waals surface area contributed by atoms with Crippen molar-refractivity contribution in [1.82, 2.24) is 5.32 Å². The lowest BCUT2D eigenvalue weighted by atomic mass is 9.87. The maximum Gasteiger partial charge on any atom is 0.0380 e. The molecule has 0 aromatic heterocycles. The minimum Gasteiger partial charge on any atom is -0.398 e. The van der Waals surface area contributed by atoms with Gasteiger partial charge in [-0.15, -0.1) is 0 Å². The highest BCUT2D eigenvalue weighted by Crippen LogP contribution is 2.28. The van der Waals surface area contributed by atoms with Crippen molar-refractivity contribution in [2.45, 2.75) is 65.3 Å². The minimum absolute atomic E-state index is 0.00632. The molecule has 0 radical (unpaired) electrons. The van der Waals surface area contributed by atoms with Crippen LogP contribution >= 0.6 is 0 Å². The van der Waals surface area contributed by atoms with E-state index in [1.54, 1.807) is 0 Å². The molecule has 1 rings (SSSR count). The first-order chi connectivity index (χ1) is 9.03. The molecular weight excluding hydrogens is 232 g/mol. The van der Waals surface area contributed by atoms with Gasteiger partial charge in [-0.05, 0) is 50.4 Å². The summed E-state index contributed by atoms with van der Waals surface area (Å²) >= 11 is 0. The van der Waals surface area contributed by atoms with E-state index in [1.807, 2.05) is 6.07 Å². The van der Waals surface area contributed by atoms with Crippen molar-refractivity contribution >= 4 is 5.69 Å². The molecular formula is C17H30N2. The third-order valence-electron chi connectivity index (χ3n) is 3.73. The molecule has 0 atom stereocenters. The summed E-state index contributed by atoms with van der Waals surface area (Å²) in [6, 6.07) is 6.30. The van der Waals surface area contributed by atoms with Gasteiger partial charge in [-0.1, -0.05) is 45.2 Å². The van der Waals surface area contributed by atoms with Gasteiger partial charge in [0, 0.05) is 11.2 Å². The van der Waals surface area contributed by atoms with Gasteiger partial charge in [0.15, 0.2) is 0 Å². The van der Waals surface area contributed by atoms with Gasteiger partial charge in [-0.2, -0.15) is 0 Å². The molecule has 0 unspecified atom stereocenters. The Kier molecular flexibility index (Phi) is 6.36. The highest BCUT2D eigenvalue weighted by atomic mass is 14.9. The maximum atomic E-state index is 6.15. The van der Waals surface area contributed by atoms with Gasteiger partial charge >= 0.3 is 0 Å². The predicted molar refractivity (Wildman–Crippen MR) is 85.4 cm³/mol. The second-order valence-corrected chi connectivity index (χ2v) is 5.88. The third kappa shape index (κ3) is 4.54. The van der Waals surface area contributed by atoms with Crippen LogP contribution in [0.15, 0.2) is 18.2 Å². The highest BCUT2D eigenvalue weighted by Gasteiger charge is 2.23. The Bertz CT molecular complexity index is 383. The van der Waals surface area contributed by atoms with Gasteiger partial charge < -0.3 is 11.1 Å². The number of nitrogens with two attached hydrogens (primary N) is 1. The zero-order valence-corrected chi connectivity index (χ0v) is 13.1. The minimum atomic E-state index is -0.00632. The normalized spacial score (nSPS) is 11.8. The number of nitrogen functional groups attached to an aromatic ring is 1. The fraction of sp³-hybridized carbons (Fsp3) is 0.647. The number of unbranched alkanes of at least 4 members (excludes halogenated alkanes) is 2. The number of nitrogens with one attached hydrogen (secondary N) is 1. The van der Waals surface area contributed by atoms with Crippen molar-refractivity contribution in [2.75, 3.05) is 12.3 Å². The SMILES string of the molecule is CCCCCNC(C)(C)c1cccc(N)c1CCC. The summed E-state index contributed by atoms with van der Waals surface area (Å²) < 4.78 is 0. The Labute approximate surface area is 118 Å². The Hall–Kier alpha value is -1.02. The van der Waals surface area contributed by atoms with Gasteiger partial charge in [0.1, 0.15) is 0 Å². The fourth-order valence-electron chi connectivity index (χ4n) is 2.59. The van der Waals surface area contributed by atoms with E-state index in [-0.39, 0.29) is 5.54 Å². The Morgan fingerprint density at radius 2 is 1.84 bits per heavy atom. The molecule has 0 aliphatic heterocycles. The second-order valence-electron chi connectivity index (χ2n) is 5.88. The van der Waals surface area contributed by atoms with Crippen LogP contribution in [0, 0.1) is 0 Å². The molecule has 108 valence electrons. The molecule has 0 saturated carbocycles. The molecule has 2 heteroatoms. The first kappa shape index (κ1) is 16.0. The van der Waals surface area contributed by atoms with E-state index in [2.05, 4.69) is 45.1 Å². The lowest BCUT2D eigenvalue weighted by Crippen LogP contribution is -2.38. The summed E-state index contributed by atoms with van der Waals surface area (Å²) in [7, 11) is 0. The lowest BCUT2D eigenvalue weighted by molar-refractivity contribution is 0.394. The van der Waals surface area contributed by atoms with Crippen LogP contribution in [0.1, 0.15) is 64.5 Å². The van der Waals surface area contributed by atoms with Gasteiger partial charge in [-0.3, -0.25) is 0 Å². The maximum absolute atomic E-state index is 6.15. The topological polar surface area (TPSA) is 38.0 Å². The molecule has 0 fully saturated rings. The second kappa shape index (κ2) is 7.54. The molecule has 0 bridgehead atoms. The van der Waals surface area contributed by atoms with E-state index in [9.17, 15) is 0 Å². The Balaban J connectivity index is 2.84. The van der Waals surface area contributed by atoms with E-state index in [1.165, 1.54) is 30.4 Å². The summed E-state index contributed by atoms with van der Waals surface area (Å²) in [5.41, 5.74) is 9.75. The molecule has 2 nitrogen and oxygen atoms in total. The molecule has 0 saturated heterocycles. The number of rotatable bonds is 8. The van der Waals surface area contributed by atoms with Crippen LogP contribution in [0.5, 0.6) is 0 Å². The van der Waals surface area contributed by atoms with Gasteiger partial charge in [0.2, 0.25) is 0 Å². The molecule has 0 aliphatic rings. The van der Waals surface area contributed by atoms with Crippen molar-refractivity contribution in [1.29, 1.82) is 0 Å². The van der Waals surface area contributed by atoms with Crippen LogP contribution in [-0.4, -0.2) is 6.54 Å². The van der Waals surface area contributed by atoms with E-state index in [4.69, 9.17) is 5.73 Å². The fourth-order valence-corrected chi connectivity index (χ4v) is 2.59. The molecule has 1 aromatic carbocycles. The number of hydrogen-bond acceptors (Lipinski definition) is 2. The van der Waals surface area contributed by atoms with E-state index < -0.39 is 0 Å². The smallest absolute Gasteiger partial charge is 0.0380 e. The zero-order valence-electron chi connectivity index (χ0n) is 13.1. The Morgan fingerprint density at radius 3 is 2.47 bits per heavy atom. The predicted octanol–water partition coefficient (Wildman–Crippen LogP) is 4.24. The largest absolute Gasteiger partial charge is 0.398 e. The summed E-state index contributed by atoms with van der Waals surface area (Å²) in [6.45, 7) is 10.0. The highest BCUT2D eigenvalue weighted by molar-refractivity contribution is 5.53. The summed E-state index contributed by atoms with van der Waals surface area (Å²) in [6.07, 6.45) is 5.99. The summed E-state index contributed by atoms with van der Waals surface area (Å²) in [4.78, 5) is 0. The number of hydrogen-bond donors (Lipinski definition) is 2. The first-order valence-corrected chi connectivity index (χ1v) is 7.65. The van der Waals surface area contributed by atoms with Crippen LogP contribution in [0.25, 0.3) is 0 Å². The Morgan fingerprint density at radius 1 is 1.11 bits per heavy atom. The molecule has 1 aromatic rings. The first-order valence-electron chi connectivity index (χ1n) is 7.65. The van der Waals surface area contributed by atoms with Crippen molar-refractivity contribution in [2.24, 2.45) is 0 Å². The zero-order chi connectivity index (χ0) is 14.3. The average molecular weight is 262 g/mol. The molecule has 0 aliphatic carbocycles. The quantitative estimate of drug-likeness (QED) is 0.543. The monoisotopic (exact) mass is 262 g/mol. The summed E-state index contributed by atoms with van der Waals surface area (Å²) in [5, 5.41) is 3.68. The van der Waals surface area contributed by atoms with Crippen LogP contribution in [0.3, 0.4) is 0 Å². The van der Waals surface area contributed by atoms with Gasteiger partial charge in [-0.25, -0.2) is 0 Å². The number of benzene rings is 1. The van der Waals surface area contributed by atoms with Crippen molar-refractivity contribution < 1.29 is 0 Å². The van der Waals surface area contributed by atoms with E-state index >= 15 is 0 Å². The van der Waals surface area contributed by atoms with Gasteiger partial charge in [0.05, 0.1) is 0 Å². The van der Waals surface area contributed by atoms with Crippen molar-refractivity contribution in [3.63, 3.8) is 0 Å². The van der Waals surface area contributed by atoms with Crippen LogP contribution < -0.4 is 11.1 Å². The molecule has 19 heavy (non-hydrogen) atoms. The van der Waals surface area contributed by atoms with Gasteiger partial charge in [0.25, 0.3) is 0 Å². The van der Waals surface area contributed by atoms with E-state index in [0.29, 0.717) is 0 Å². The molecule has 0 amide bonds. The van der Waals surface area contributed by atoms with Crippen LogP contribution in [0.4, 0.5) is 5.69 Å². The van der Waals surface area contributed by atoms with Crippen LogP contribution in [-0.2, 0) is 12.0 Å². The lowest BCUT2D eigenvalue weighted by Gasteiger charge is -2.30. The van der Waals surface area contributed by atoms with Crippen molar-refractivity contribution in [3.8, 4) is 0 Å².